The number of hydrogen-bond donors (Lipinski definition) is 1. The quantitative estimate of drug-likeness (QED) is 0.797. The Morgan fingerprint density at radius 2 is 1.66 bits per heavy atom. The highest BCUT2D eigenvalue weighted by molar-refractivity contribution is 7.92. The molecule has 1 heterocycles. The van der Waals surface area contributed by atoms with Crippen molar-refractivity contribution >= 4 is 27.3 Å². The number of sulfone groups is 1. The first kappa shape index (κ1) is 20.8. The van der Waals surface area contributed by atoms with E-state index in [2.05, 4.69) is 5.32 Å². The molecule has 0 aliphatic carbocycles. The van der Waals surface area contributed by atoms with Crippen LogP contribution in [0.5, 0.6) is 0 Å². The molecular formula is C19H17F3N2O4S. The van der Waals surface area contributed by atoms with Crippen molar-refractivity contribution in [1.29, 1.82) is 0 Å². The first-order valence-corrected chi connectivity index (χ1v) is 10.2. The molecule has 2 aromatic carbocycles. The zero-order valence-corrected chi connectivity index (χ0v) is 15.9. The summed E-state index contributed by atoms with van der Waals surface area (Å²) in [5.74, 6) is -0.484. The van der Waals surface area contributed by atoms with Crippen LogP contribution in [0.25, 0.3) is 0 Å². The lowest BCUT2D eigenvalue weighted by Crippen LogP contribution is -2.25. The molecule has 1 aliphatic heterocycles. The van der Waals surface area contributed by atoms with Crippen molar-refractivity contribution in [3.8, 4) is 0 Å². The van der Waals surface area contributed by atoms with Crippen LogP contribution in [-0.4, -0.2) is 32.3 Å². The second kappa shape index (κ2) is 7.86. The van der Waals surface area contributed by atoms with Crippen molar-refractivity contribution in [1.82, 2.24) is 5.32 Å². The van der Waals surface area contributed by atoms with Crippen LogP contribution in [0.1, 0.15) is 28.8 Å². The van der Waals surface area contributed by atoms with Gasteiger partial charge in [0.05, 0.1) is 4.90 Å². The summed E-state index contributed by atoms with van der Waals surface area (Å²) in [5, 5.41) is 2.61. The van der Waals surface area contributed by atoms with Gasteiger partial charge in [-0.15, -0.1) is 0 Å². The largest absolute Gasteiger partial charge is 0.501 e. The van der Waals surface area contributed by atoms with Gasteiger partial charge < -0.3 is 10.2 Å². The molecule has 0 saturated carbocycles. The van der Waals surface area contributed by atoms with Gasteiger partial charge in [-0.3, -0.25) is 9.59 Å². The second-order valence-electron chi connectivity index (χ2n) is 6.47. The van der Waals surface area contributed by atoms with Crippen molar-refractivity contribution in [2.75, 3.05) is 11.4 Å². The molecule has 29 heavy (non-hydrogen) atoms. The molecule has 154 valence electrons. The topological polar surface area (TPSA) is 83.6 Å². The minimum absolute atomic E-state index is 0.0328. The maximum atomic E-state index is 12.5. The van der Waals surface area contributed by atoms with Crippen molar-refractivity contribution < 1.29 is 31.2 Å². The molecule has 0 atom stereocenters. The van der Waals surface area contributed by atoms with Gasteiger partial charge in [-0.25, -0.2) is 8.42 Å². The summed E-state index contributed by atoms with van der Waals surface area (Å²) in [4.78, 5) is 24.7. The molecule has 2 amide bonds. The van der Waals surface area contributed by atoms with Gasteiger partial charge in [0.2, 0.25) is 5.91 Å². The minimum atomic E-state index is -5.45. The van der Waals surface area contributed by atoms with Crippen LogP contribution in [0.2, 0.25) is 0 Å². The van der Waals surface area contributed by atoms with Crippen LogP contribution >= 0.6 is 0 Å². The summed E-state index contributed by atoms with van der Waals surface area (Å²) in [5.41, 5.74) is -3.82. The number of amides is 2. The van der Waals surface area contributed by atoms with E-state index in [0.29, 0.717) is 13.0 Å². The van der Waals surface area contributed by atoms with E-state index < -0.39 is 26.1 Å². The zero-order valence-electron chi connectivity index (χ0n) is 15.1. The molecule has 10 heteroatoms. The summed E-state index contributed by atoms with van der Waals surface area (Å²) < 4.78 is 60.3. The highest BCUT2D eigenvalue weighted by atomic mass is 32.2. The first-order valence-electron chi connectivity index (χ1n) is 8.68. The number of rotatable bonds is 5. The average molecular weight is 426 g/mol. The molecule has 0 bridgehead atoms. The molecule has 1 fully saturated rings. The van der Waals surface area contributed by atoms with Crippen molar-refractivity contribution in [2.45, 2.75) is 29.8 Å². The average Bonchev–Trinajstić information content (AvgIpc) is 3.11. The van der Waals surface area contributed by atoms with Crippen molar-refractivity contribution in [3.63, 3.8) is 0 Å². The number of anilines is 1. The number of nitrogens with zero attached hydrogens (tertiary/aromatic N) is 1. The summed E-state index contributed by atoms with van der Waals surface area (Å²) in [6, 6.07) is 10.6. The molecule has 1 saturated heterocycles. The predicted molar refractivity (Wildman–Crippen MR) is 98.9 cm³/mol. The van der Waals surface area contributed by atoms with Crippen molar-refractivity contribution in [2.24, 2.45) is 0 Å². The summed E-state index contributed by atoms with van der Waals surface area (Å²) >= 11 is 0. The van der Waals surface area contributed by atoms with E-state index in [-0.39, 0.29) is 18.0 Å². The lowest BCUT2D eigenvalue weighted by Gasteiger charge is -2.16. The molecule has 0 unspecified atom stereocenters. The Hall–Kier alpha value is -2.88. The summed E-state index contributed by atoms with van der Waals surface area (Å²) in [6.45, 7) is 0.838. The van der Waals surface area contributed by atoms with Gasteiger partial charge in [0.1, 0.15) is 0 Å². The van der Waals surface area contributed by atoms with Gasteiger partial charge >= 0.3 is 5.51 Å². The Bertz CT molecular complexity index is 1020. The lowest BCUT2D eigenvalue weighted by molar-refractivity contribution is -0.117. The van der Waals surface area contributed by atoms with Gasteiger partial charge in [-0.1, -0.05) is 12.1 Å². The first-order chi connectivity index (χ1) is 13.6. The molecular weight excluding hydrogens is 409 g/mol. The molecule has 6 nitrogen and oxygen atoms in total. The third-order valence-electron chi connectivity index (χ3n) is 4.51. The fourth-order valence-electron chi connectivity index (χ4n) is 2.92. The van der Waals surface area contributed by atoms with Crippen LogP contribution in [0.4, 0.5) is 18.9 Å². The maximum absolute atomic E-state index is 12.5. The third-order valence-corrected chi connectivity index (χ3v) is 6.01. The number of benzene rings is 2. The van der Waals surface area contributed by atoms with Crippen LogP contribution in [0, 0.1) is 0 Å². The second-order valence-corrected chi connectivity index (χ2v) is 8.41. The van der Waals surface area contributed by atoms with E-state index in [1.807, 2.05) is 0 Å². The Morgan fingerprint density at radius 3 is 2.17 bits per heavy atom. The third kappa shape index (κ3) is 4.42. The standard InChI is InChI=1S/C19H17F3N2O4S/c20-19(21,22)29(27,28)16-9-5-14(6-10-16)18(26)23-12-13-3-7-15(8-4-13)24-11-1-2-17(24)25/h3-10H,1-2,11-12H2,(H,23,26). The van der Waals surface area contributed by atoms with Gasteiger partial charge in [-0.05, 0) is 48.4 Å². The van der Waals surface area contributed by atoms with E-state index in [4.69, 9.17) is 0 Å². The highest BCUT2D eigenvalue weighted by Gasteiger charge is 2.46. The number of alkyl halides is 3. The molecule has 1 N–H and O–H groups in total. The predicted octanol–water partition coefficient (Wildman–Crippen LogP) is 3.04. The Labute approximate surface area is 165 Å². The number of nitrogens with one attached hydrogen (secondary N) is 1. The minimum Gasteiger partial charge on any atom is -0.348 e. The van der Waals surface area contributed by atoms with E-state index in [1.54, 1.807) is 29.2 Å². The van der Waals surface area contributed by atoms with Crippen LogP contribution in [0.3, 0.4) is 0 Å². The van der Waals surface area contributed by atoms with Crippen LogP contribution < -0.4 is 10.2 Å². The normalized spacial score (nSPS) is 14.9. The molecule has 0 radical (unpaired) electrons. The maximum Gasteiger partial charge on any atom is 0.501 e. The fraction of sp³-hybridized carbons (Fsp3) is 0.263. The molecule has 2 aromatic rings. The smallest absolute Gasteiger partial charge is 0.348 e. The van der Waals surface area contributed by atoms with E-state index in [1.165, 1.54) is 0 Å². The van der Waals surface area contributed by atoms with E-state index >= 15 is 0 Å². The van der Waals surface area contributed by atoms with Crippen LogP contribution in [-0.2, 0) is 21.2 Å². The van der Waals surface area contributed by atoms with Crippen molar-refractivity contribution in [3.05, 3.63) is 59.7 Å². The molecule has 1 aliphatic rings. The van der Waals surface area contributed by atoms with Gasteiger partial charge in [0, 0.05) is 30.8 Å². The Balaban J connectivity index is 1.61. The monoisotopic (exact) mass is 426 g/mol. The van der Waals surface area contributed by atoms with Crippen LogP contribution in [0.15, 0.2) is 53.4 Å². The lowest BCUT2D eigenvalue weighted by atomic mass is 10.1. The number of carbonyl (C=O) groups excluding carboxylic acids is 2. The van der Waals surface area contributed by atoms with Gasteiger partial charge in [0.25, 0.3) is 15.7 Å². The summed E-state index contributed by atoms with van der Waals surface area (Å²) in [7, 11) is -5.45. The SMILES string of the molecule is O=C(NCc1ccc(N2CCCC2=O)cc1)c1ccc(S(=O)(=O)C(F)(F)F)cc1. The van der Waals surface area contributed by atoms with E-state index in [0.717, 1.165) is 41.9 Å². The fourth-order valence-corrected chi connectivity index (χ4v) is 3.68. The van der Waals surface area contributed by atoms with E-state index in [9.17, 15) is 31.2 Å². The molecule has 0 aromatic heterocycles. The zero-order chi connectivity index (χ0) is 21.2. The summed E-state index contributed by atoms with van der Waals surface area (Å²) in [6.07, 6.45) is 1.35. The number of carbonyl (C=O) groups is 2. The number of halogens is 3. The van der Waals surface area contributed by atoms with Gasteiger partial charge in [0.15, 0.2) is 0 Å². The molecule has 0 spiro atoms. The Kier molecular flexibility index (Phi) is 5.65. The number of hydrogen-bond acceptors (Lipinski definition) is 4. The van der Waals surface area contributed by atoms with Gasteiger partial charge in [-0.2, -0.15) is 13.2 Å². The Morgan fingerprint density at radius 1 is 1.03 bits per heavy atom. The molecule has 3 rings (SSSR count). The highest BCUT2D eigenvalue weighted by Crippen LogP contribution is 2.30.